The van der Waals surface area contributed by atoms with Crippen molar-refractivity contribution in [3.05, 3.63) is 33.8 Å². The van der Waals surface area contributed by atoms with Crippen molar-refractivity contribution in [1.82, 2.24) is 9.21 Å². The van der Waals surface area contributed by atoms with Crippen LogP contribution in [0.5, 0.6) is 0 Å². The Kier molecular flexibility index (Phi) is 8.84. The van der Waals surface area contributed by atoms with Crippen LogP contribution in [-0.2, 0) is 10.0 Å². The zero-order chi connectivity index (χ0) is 22.5. The van der Waals surface area contributed by atoms with E-state index in [-0.39, 0.29) is 17.1 Å². The maximum absolute atomic E-state index is 12.9. The fraction of sp³-hybridized carbons (Fsp3) is 0.696. The van der Waals surface area contributed by atoms with E-state index < -0.39 is 10.0 Å². The van der Waals surface area contributed by atoms with Crippen LogP contribution in [0.2, 0.25) is 10.0 Å². The number of hydrogen-bond donors (Lipinski definition) is 0. The third-order valence-electron chi connectivity index (χ3n) is 6.86. The van der Waals surface area contributed by atoms with Crippen molar-refractivity contribution in [3.63, 3.8) is 0 Å². The van der Waals surface area contributed by atoms with E-state index >= 15 is 0 Å². The predicted octanol–water partition coefficient (Wildman–Crippen LogP) is 5.41. The van der Waals surface area contributed by atoms with Gasteiger partial charge in [0.2, 0.25) is 10.0 Å². The molecule has 3 rings (SSSR count). The van der Waals surface area contributed by atoms with Crippen molar-refractivity contribution < 1.29 is 13.2 Å². The van der Waals surface area contributed by atoms with E-state index in [1.807, 2.05) is 6.92 Å². The number of sulfonamides is 1. The van der Waals surface area contributed by atoms with Gasteiger partial charge in [0, 0.05) is 43.7 Å². The summed E-state index contributed by atoms with van der Waals surface area (Å²) in [4.78, 5) is 15.4. The van der Waals surface area contributed by atoms with Crippen molar-refractivity contribution in [2.24, 2.45) is 0 Å². The molecule has 1 aromatic carbocycles. The Morgan fingerprint density at radius 1 is 1.00 bits per heavy atom. The molecule has 0 atom stereocenters. The highest BCUT2D eigenvalue weighted by Crippen LogP contribution is 2.38. The number of piperazine rings is 1. The standard InChI is InChI=1S/C23H34Cl2N2O3S/c1-2-17-31(29,30)27-15-13-26(14-16-27)23(10-5-3-4-6-11-23)12-9-22(28)19-7-8-20(24)21(25)18-19/h7-8,18H,2-6,9-17H2,1H3. The van der Waals surface area contributed by atoms with Gasteiger partial charge in [-0.2, -0.15) is 4.31 Å². The Bertz CT molecular complexity index is 860. The van der Waals surface area contributed by atoms with E-state index in [0.717, 1.165) is 45.2 Å². The molecular weight excluding hydrogens is 455 g/mol. The summed E-state index contributed by atoms with van der Waals surface area (Å²) < 4.78 is 26.6. The van der Waals surface area contributed by atoms with Crippen molar-refractivity contribution in [2.75, 3.05) is 31.9 Å². The van der Waals surface area contributed by atoms with Crippen LogP contribution in [0.3, 0.4) is 0 Å². The van der Waals surface area contributed by atoms with Crippen LogP contribution >= 0.6 is 23.2 Å². The molecule has 0 N–H and O–H groups in total. The molecule has 2 aliphatic rings. The fourth-order valence-electron chi connectivity index (χ4n) is 5.10. The average molecular weight is 490 g/mol. The maximum atomic E-state index is 12.9. The van der Waals surface area contributed by atoms with E-state index in [4.69, 9.17) is 23.2 Å². The summed E-state index contributed by atoms with van der Waals surface area (Å²) in [5.41, 5.74) is 0.580. The molecule has 174 valence electrons. The molecule has 1 saturated carbocycles. The molecule has 5 nitrogen and oxygen atoms in total. The third-order valence-corrected chi connectivity index (χ3v) is 9.67. The molecule has 0 aromatic heterocycles. The number of benzene rings is 1. The second-order valence-corrected chi connectivity index (χ2v) is 11.8. The summed E-state index contributed by atoms with van der Waals surface area (Å²) in [6.45, 7) is 4.47. The maximum Gasteiger partial charge on any atom is 0.214 e. The second-order valence-electron chi connectivity index (χ2n) is 8.89. The Labute approximate surface area is 197 Å². The summed E-state index contributed by atoms with van der Waals surface area (Å²) in [6.07, 6.45) is 8.83. The number of Topliss-reactive ketones (excluding diaryl/α,β-unsaturated/α-hetero) is 1. The van der Waals surface area contributed by atoms with E-state index in [9.17, 15) is 13.2 Å². The molecule has 0 spiro atoms. The first-order chi connectivity index (χ1) is 14.8. The molecule has 0 radical (unpaired) electrons. The van der Waals surface area contributed by atoms with Gasteiger partial charge in [-0.25, -0.2) is 8.42 Å². The fourth-order valence-corrected chi connectivity index (χ4v) is 6.89. The first-order valence-corrected chi connectivity index (χ1v) is 13.8. The van der Waals surface area contributed by atoms with Crippen LogP contribution < -0.4 is 0 Å². The van der Waals surface area contributed by atoms with Crippen LogP contribution in [0, 0.1) is 0 Å². The number of hydrogen-bond acceptors (Lipinski definition) is 4. The molecule has 31 heavy (non-hydrogen) atoms. The van der Waals surface area contributed by atoms with Crippen LogP contribution in [0.1, 0.15) is 75.1 Å². The van der Waals surface area contributed by atoms with Gasteiger partial charge >= 0.3 is 0 Å². The van der Waals surface area contributed by atoms with Crippen LogP contribution in [0.15, 0.2) is 18.2 Å². The predicted molar refractivity (Wildman–Crippen MR) is 128 cm³/mol. The Morgan fingerprint density at radius 3 is 2.23 bits per heavy atom. The number of rotatable bonds is 8. The van der Waals surface area contributed by atoms with Gasteiger partial charge < -0.3 is 0 Å². The van der Waals surface area contributed by atoms with E-state index in [1.54, 1.807) is 22.5 Å². The second kappa shape index (κ2) is 11.0. The van der Waals surface area contributed by atoms with E-state index in [1.165, 1.54) is 12.8 Å². The number of carbonyl (C=O) groups excluding carboxylic acids is 1. The van der Waals surface area contributed by atoms with Crippen molar-refractivity contribution in [2.45, 2.75) is 70.3 Å². The molecule has 1 aliphatic carbocycles. The normalized spacial score (nSPS) is 21.0. The smallest absolute Gasteiger partial charge is 0.214 e. The van der Waals surface area contributed by atoms with Gasteiger partial charge in [-0.1, -0.05) is 55.8 Å². The molecule has 8 heteroatoms. The number of nitrogens with zero attached hydrogens (tertiary/aromatic N) is 2. The summed E-state index contributed by atoms with van der Waals surface area (Å²) >= 11 is 12.1. The van der Waals surface area contributed by atoms with Crippen molar-refractivity contribution in [3.8, 4) is 0 Å². The van der Waals surface area contributed by atoms with Gasteiger partial charge in [0.1, 0.15) is 0 Å². The molecule has 1 saturated heterocycles. The Hall–Kier alpha value is -0.660. The molecule has 0 amide bonds. The van der Waals surface area contributed by atoms with Crippen molar-refractivity contribution in [1.29, 1.82) is 0 Å². The van der Waals surface area contributed by atoms with Gasteiger partial charge in [-0.05, 0) is 43.9 Å². The molecular formula is C23H34Cl2N2O3S. The lowest BCUT2D eigenvalue weighted by atomic mass is 9.82. The topological polar surface area (TPSA) is 57.7 Å². The molecule has 1 aromatic rings. The lowest BCUT2D eigenvalue weighted by Crippen LogP contribution is -2.58. The first-order valence-electron chi connectivity index (χ1n) is 11.5. The van der Waals surface area contributed by atoms with Gasteiger partial charge in [0.05, 0.1) is 15.8 Å². The van der Waals surface area contributed by atoms with Gasteiger partial charge in [0.15, 0.2) is 5.78 Å². The zero-order valence-corrected chi connectivity index (χ0v) is 20.7. The largest absolute Gasteiger partial charge is 0.295 e. The zero-order valence-electron chi connectivity index (χ0n) is 18.4. The summed E-state index contributed by atoms with van der Waals surface area (Å²) in [5.74, 6) is 0.308. The summed E-state index contributed by atoms with van der Waals surface area (Å²) in [6, 6.07) is 5.07. The Morgan fingerprint density at radius 2 is 1.65 bits per heavy atom. The summed E-state index contributed by atoms with van der Waals surface area (Å²) in [7, 11) is -3.15. The molecule has 1 aliphatic heterocycles. The Balaban J connectivity index is 1.70. The highest BCUT2D eigenvalue weighted by Gasteiger charge is 2.40. The molecule has 2 fully saturated rings. The minimum atomic E-state index is -3.15. The van der Waals surface area contributed by atoms with E-state index in [0.29, 0.717) is 41.5 Å². The average Bonchev–Trinajstić information content (AvgIpc) is 3.01. The van der Waals surface area contributed by atoms with Gasteiger partial charge in [-0.15, -0.1) is 0 Å². The third kappa shape index (κ3) is 6.23. The minimum absolute atomic E-state index is 0.0248. The highest BCUT2D eigenvalue weighted by molar-refractivity contribution is 7.89. The highest BCUT2D eigenvalue weighted by atomic mass is 35.5. The molecule has 1 heterocycles. The van der Waals surface area contributed by atoms with Crippen molar-refractivity contribution >= 4 is 39.0 Å². The number of carbonyl (C=O) groups is 1. The minimum Gasteiger partial charge on any atom is -0.295 e. The van der Waals surface area contributed by atoms with Gasteiger partial charge in [-0.3, -0.25) is 9.69 Å². The van der Waals surface area contributed by atoms with Gasteiger partial charge in [0.25, 0.3) is 0 Å². The SMILES string of the molecule is CCCS(=O)(=O)N1CCN(C2(CCC(=O)c3ccc(Cl)c(Cl)c3)CCCCCC2)CC1. The molecule has 0 bridgehead atoms. The number of halogens is 2. The summed E-state index contributed by atoms with van der Waals surface area (Å²) in [5, 5.41) is 0.857. The quantitative estimate of drug-likeness (QED) is 0.362. The van der Waals surface area contributed by atoms with Crippen LogP contribution in [-0.4, -0.2) is 60.9 Å². The lowest BCUT2D eigenvalue weighted by Gasteiger charge is -2.48. The van der Waals surface area contributed by atoms with E-state index in [2.05, 4.69) is 4.90 Å². The lowest BCUT2D eigenvalue weighted by molar-refractivity contribution is 0.0320. The van der Waals surface area contributed by atoms with Crippen LogP contribution in [0.25, 0.3) is 0 Å². The monoisotopic (exact) mass is 488 g/mol. The first kappa shape index (κ1) is 25.0. The van der Waals surface area contributed by atoms with Crippen LogP contribution in [0.4, 0.5) is 0 Å². The number of ketones is 1. The molecule has 0 unspecified atom stereocenters.